The van der Waals surface area contributed by atoms with Crippen LogP contribution in [0.1, 0.15) is 22.9 Å². The van der Waals surface area contributed by atoms with E-state index in [1.54, 1.807) is 6.07 Å². The molecule has 0 fully saturated rings. The van der Waals surface area contributed by atoms with Crippen LogP contribution in [-0.2, 0) is 17.6 Å². The van der Waals surface area contributed by atoms with Gasteiger partial charge in [0, 0.05) is 24.0 Å². The smallest absolute Gasteiger partial charge is 0.224 e. The van der Waals surface area contributed by atoms with E-state index in [-0.39, 0.29) is 12.3 Å². The minimum Gasteiger partial charge on any atom is -0.393 e. The van der Waals surface area contributed by atoms with Gasteiger partial charge >= 0.3 is 0 Å². The van der Waals surface area contributed by atoms with Crippen molar-refractivity contribution in [1.29, 1.82) is 0 Å². The Morgan fingerprint density at radius 2 is 2.14 bits per heavy atom. The molecule has 112 valence electrons. The van der Waals surface area contributed by atoms with Crippen LogP contribution in [-0.4, -0.2) is 34.3 Å². The second-order valence-corrected chi connectivity index (χ2v) is 5.85. The minimum absolute atomic E-state index is 0.0786. The van der Waals surface area contributed by atoms with E-state index < -0.39 is 12.7 Å². The highest BCUT2D eigenvalue weighted by molar-refractivity contribution is 6.45. The van der Waals surface area contributed by atoms with E-state index in [0.717, 1.165) is 11.3 Å². The second-order valence-electron chi connectivity index (χ2n) is 5.07. The summed E-state index contributed by atoms with van der Waals surface area (Å²) in [4.78, 5) is 15.0. The zero-order chi connectivity index (χ0) is 15.1. The Balaban J connectivity index is 2.34. The summed E-state index contributed by atoms with van der Waals surface area (Å²) < 4.78 is 0. The molecule has 3 rings (SSSR count). The van der Waals surface area contributed by atoms with Gasteiger partial charge in [0.1, 0.15) is 6.10 Å². The van der Waals surface area contributed by atoms with Crippen molar-refractivity contribution in [2.75, 3.05) is 13.2 Å². The van der Waals surface area contributed by atoms with Gasteiger partial charge in [-0.3, -0.25) is 4.79 Å². The largest absolute Gasteiger partial charge is 0.393 e. The average Bonchev–Trinajstić information content (AvgIpc) is 2.70. The molecule has 1 atom stereocenters. The molecule has 5 nitrogen and oxygen atoms in total. The number of fused-ring (bicyclic) bond motifs is 3. The number of amides is 1. The Labute approximate surface area is 130 Å². The van der Waals surface area contributed by atoms with E-state index in [4.69, 9.17) is 23.2 Å². The summed E-state index contributed by atoms with van der Waals surface area (Å²) in [5.74, 6) is -0.0786. The quantitative estimate of drug-likeness (QED) is 0.677. The van der Waals surface area contributed by atoms with Gasteiger partial charge in [0.05, 0.1) is 28.6 Å². The normalized spacial score (nSPS) is 16.5. The molecule has 0 saturated heterocycles. The number of nitrogens with one attached hydrogen (secondary N) is 2. The van der Waals surface area contributed by atoms with Crippen molar-refractivity contribution in [2.24, 2.45) is 0 Å². The molecule has 1 aliphatic rings. The van der Waals surface area contributed by atoms with Crippen LogP contribution in [0.4, 0.5) is 0 Å². The van der Waals surface area contributed by atoms with Gasteiger partial charge in [-0.05, 0) is 17.2 Å². The Morgan fingerprint density at radius 3 is 2.86 bits per heavy atom. The molecule has 2 heterocycles. The van der Waals surface area contributed by atoms with Gasteiger partial charge in [-0.1, -0.05) is 23.2 Å². The number of carbonyl (C=O) groups excluding carboxylic acids is 1. The summed E-state index contributed by atoms with van der Waals surface area (Å²) >= 11 is 12.3. The average molecular weight is 329 g/mol. The highest BCUT2D eigenvalue weighted by Gasteiger charge is 2.25. The molecule has 1 aromatic carbocycles. The lowest BCUT2D eigenvalue weighted by atomic mass is 9.98. The fraction of sp³-hybridized carbons (Fsp3) is 0.357. The first-order chi connectivity index (χ1) is 10.0. The lowest BCUT2D eigenvalue weighted by Gasteiger charge is -2.12. The van der Waals surface area contributed by atoms with Crippen molar-refractivity contribution in [3.05, 3.63) is 32.9 Å². The summed E-state index contributed by atoms with van der Waals surface area (Å²) in [6, 6.07) is 1.55. The van der Waals surface area contributed by atoms with Crippen LogP contribution in [0.5, 0.6) is 0 Å². The van der Waals surface area contributed by atoms with Crippen molar-refractivity contribution in [3.63, 3.8) is 0 Å². The predicted molar refractivity (Wildman–Crippen MR) is 80.8 cm³/mol. The molecule has 1 unspecified atom stereocenters. The molecule has 0 spiro atoms. The van der Waals surface area contributed by atoms with Gasteiger partial charge < -0.3 is 20.5 Å². The lowest BCUT2D eigenvalue weighted by Crippen LogP contribution is -2.24. The molecule has 1 aromatic heterocycles. The third-order valence-corrected chi connectivity index (χ3v) is 4.55. The summed E-state index contributed by atoms with van der Waals surface area (Å²) in [5.41, 5.74) is 2.79. The molecule has 21 heavy (non-hydrogen) atoms. The first-order valence-electron chi connectivity index (χ1n) is 6.60. The molecular formula is C14H14Cl2N2O3. The zero-order valence-corrected chi connectivity index (χ0v) is 12.6. The molecule has 4 N–H and O–H groups in total. The predicted octanol–water partition coefficient (Wildman–Crippen LogP) is 1.72. The number of H-pyrrole nitrogens is 1. The van der Waals surface area contributed by atoms with Crippen molar-refractivity contribution in [1.82, 2.24) is 10.3 Å². The van der Waals surface area contributed by atoms with Gasteiger partial charge in [-0.15, -0.1) is 0 Å². The number of carbonyl (C=O) groups is 1. The third-order valence-electron chi connectivity index (χ3n) is 3.76. The number of halogens is 2. The number of benzene rings is 1. The Kier molecular flexibility index (Phi) is 3.84. The number of aliphatic hydroxyl groups excluding tert-OH is 2. The number of aromatic amines is 1. The van der Waals surface area contributed by atoms with Crippen LogP contribution in [0.3, 0.4) is 0 Å². The summed E-state index contributed by atoms with van der Waals surface area (Å²) in [6.45, 7) is 0.112. The van der Waals surface area contributed by atoms with Crippen LogP contribution in [0.2, 0.25) is 10.0 Å². The molecule has 0 radical (unpaired) electrons. The number of hydrogen-bond donors (Lipinski definition) is 4. The number of hydrogen-bond acceptors (Lipinski definition) is 3. The van der Waals surface area contributed by atoms with Crippen LogP contribution in [0.25, 0.3) is 10.9 Å². The van der Waals surface area contributed by atoms with Crippen molar-refractivity contribution in [3.8, 4) is 0 Å². The summed E-state index contributed by atoms with van der Waals surface area (Å²) in [5, 5.41) is 23.4. The second kappa shape index (κ2) is 5.50. The summed E-state index contributed by atoms with van der Waals surface area (Å²) in [7, 11) is 0. The third kappa shape index (κ3) is 2.40. The minimum atomic E-state index is -1.08. The molecule has 0 aliphatic carbocycles. The summed E-state index contributed by atoms with van der Waals surface area (Å²) in [6.07, 6.45) is -0.218. The molecule has 7 heteroatoms. The van der Waals surface area contributed by atoms with Crippen LogP contribution in [0, 0.1) is 0 Å². The van der Waals surface area contributed by atoms with Gasteiger partial charge in [0.2, 0.25) is 5.91 Å². The highest BCUT2D eigenvalue weighted by Crippen LogP contribution is 2.39. The van der Waals surface area contributed by atoms with Crippen LogP contribution in [0.15, 0.2) is 6.07 Å². The van der Waals surface area contributed by atoms with Crippen molar-refractivity contribution >= 4 is 40.0 Å². The van der Waals surface area contributed by atoms with Crippen LogP contribution >= 0.6 is 23.2 Å². The van der Waals surface area contributed by atoms with E-state index in [2.05, 4.69) is 10.3 Å². The Morgan fingerprint density at radius 1 is 1.38 bits per heavy atom. The van der Waals surface area contributed by atoms with Gasteiger partial charge in [-0.2, -0.15) is 0 Å². The van der Waals surface area contributed by atoms with E-state index in [1.807, 2.05) is 0 Å². The van der Waals surface area contributed by atoms with E-state index in [1.165, 1.54) is 0 Å². The maximum Gasteiger partial charge on any atom is 0.224 e. The van der Waals surface area contributed by atoms with Crippen LogP contribution < -0.4 is 5.32 Å². The number of rotatable bonds is 2. The lowest BCUT2D eigenvalue weighted by molar-refractivity contribution is -0.120. The van der Waals surface area contributed by atoms with E-state index >= 15 is 0 Å². The van der Waals surface area contributed by atoms with Gasteiger partial charge in [-0.25, -0.2) is 0 Å². The fourth-order valence-electron chi connectivity index (χ4n) is 2.78. The maximum atomic E-state index is 11.8. The maximum absolute atomic E-state index is 11.8. The molecule has 0 saturated carbocycles. The Bertz CT molecular complexity index is 727. The standard InChI is InChI=1S/C14H14Cl2N2O3/c15-8-3-7(10(20)5-19)12-6-4-11(21)17-2-1-9(6)18-14(12)13(8)16/h3,10,18-20H,1-2,4-5H2,(H,17,21). The van der Waals surface area contributed by atoms with Crippen molar-refractivity contribution in [2.45, 2.75) is 18.9 Å². The number of aliphatic hydroxyl groups is 2. The topological polar surface area (TPSA) is 85.4 Å². The molecule has 1 aliphatic heterocycles. The van der Waals surface area contributed by atoms with E-state index in [0.29, 0.717) is 39.5 Å². The van der Waals surface area contributed by atoms with Gasteiger partial charge in [0.15, 0.2) is 0 Å². The molecule has 2 aromatic rings. The number of aromatic nitrogens is 1. The molecule has 0 bridgehead atoms. The molecule has 1 amide bonds. The SMILES string of the molecule is O=C1Cc2c([nH]c3c(Cl)c(Cl)cc(C(O)CO)c23)CCN1. The first kappa shape index (κ1) is 14.7. The van der Waals surface area contributed by atoms with Gasteiger partial charge in [0.25, 0.3) is 0 Å². The first-order valence-corrected chi connectivity index (χ1v) is 7.35. The Hall–Kier alpha value is -1.27. The van der Waals surface area contributed by atoms with E-state index in [9.17, 15) is 15.0 Å². The molecular weight excluding hydrogens is 315 g/mol. The zero-order valence-electron chi connectivity index (χ0n) is 11.0. The fourth-order valence-corrected chi connectivity index (χ4v) is 3.19. The van der Waals surface area contributed by atoms with Crippen molar-refractivity contribution < 1.29 is 15.0 Å². The monoisotopic (exact) mass is 328 g/mol. The highest BCUT2D eigenvalue weighted by atomic mass is 35.5.